The third-order valence-corrected chi connectivity index (χ3v) is 2.89. The van der Waals surface area contributed by atoms with Crippen LogP contribution in [-0.4, -0.2) is 16.6 Å². The summed E-state index contributed by atoms with van der Waals surface area (Å²) in [6.45, 7) is 4.46. The summed E-state index contributed by atoms with van der Waals surface area (Å²) >= 11 is 8.39. The summed E-state index contributed by atoms with van der Waals surface area (Å²) in [7, 11) is 0. The summed E-state index contributed by atoms with van der Waals surface area (Å²) in [6, 6.07) is 0. The minimum absolute atomic E-state index is 0.200. The van der Waals surface area contributed by atoms with Gasteiger partial charge in [-0.3, -0.25) is 4.79 Å². The molecule has 18 heavy (non-hydrogen) atoms. The normalized spacial score (nSPS) is 11.6. The molecule has 0 saturated heterocycles. The third-order valence-electron chi connectivity index (χ3n) is 2.58. The highest BCUT2D eigenvalue weighted by Gasteiger charge is 2.13. The van der Waals surface area contributed by atoms with Crippen molar-refractivity contribution in [1.29, 1.82) is 0 Å². The highest BCUT2D eigenvalue weighted by atomic mass is 32.2. The summed E-state index contributed by atoms with van der Waals surface area (Å²) in [6.07, 6.45) is 8.89. The fourth-order valence-corrected chi connectivity index (χ4v) is 1.66. The Labute approximate surface area is 122 Å². The number of hydrogen-bond acceptors (Lipinski definition) is 5. The number of hydrogen-bond donors (Lipinski definition) is 3. The summed E-state index contributed by atoms with van der Waals surface area (Å²) < 4.78 is -0.473. The molecule has 0 aromatic carbocycles. The van der Waals surface area contributed by atoms with Crippen LogP contribution in [0, 0.1) is 0 Å². The largest absolute Gasteiger partial charge is 0.371 e. The molecular weight excluding hydrogens is 266 g/mol. The second-order valence-electron chi connectivity index (χ2n) is 4.88. The lowest BCUT2D eigenvalue weighted by Gasteiger charge is -2.16. The van der Waals surface area contributed by atoms with Crippen LogP contribution in [0.2, 0.25) is 0 Å². The van der Waals surface area contributed by atoms with Crippen LogP contribution >= 0.6 is 25.3 Å². The predicted octanol–water partition coefficient (Wildman–Crippen LogP) is 3.75. The minimum Gasteiger partial charge on any atom is -0.371 e. The lowest BCUT2D eigenvalue weighted by molar-refractivity contribution is -0.151. The number of carbonyl (C=O) groups excluding carboxylic acids is 1. The molecular formula is C13H27NO2S2. The predicted molar refractivity (Wildman–Crippen MR) is 83.1 cm³/mol. The summed E-state index contributed by atoms with van der Waals surface area (Å²) in [5, 5.41) is 0. The van der Waals surface area contributed by atoms with E-state index in [4.69, 9.17) is 4.84 Å². The Morgan fingerprint density at radius 3 is 2.22 bits per heavy atom. The molecule has 0 aromatic heterocycles. The molecule has 108 valence electrons. The average Bonchev–Trinajstić information content (AvgIpc) is 2.26. The van der Waals surface area contributed by atoms with Crippen molar-refractivity contribution in [2.24, 2.45) is 0 Å². The van der Waals surface area contributed by atoms with Crippen molar-refractivity contribution in [3.8, 4) is 0 Å². The molecule has 0 amide bonds. The zero-order valence-corrected chi connectivity index (χ0v) is 13.4. The van der Waals surface area contributed by atoms with Crippen molar-refractivity contribution in [3.63, 3.8) is 0 Å². The second kappa shape index (κ2) is 11.0. The Balaban J connectivity index is 3.27. The number of unbranched alkanes of at least 4 members (excludes halogenated alkanes) is 6. The first kappa shape index (κ1) is 18.1. The van der Waals surface area contributed by atoms with Gasteiger partial charge in [-0.1, -0.05) is 45.4 Å². The molecule has 0 aliphatic heterocycles. The second-order valence-corrected chi connectivity index (χ2v) is 7.21. The van der Waals surface area contributed by atoms with Gasteiger partial charge in [0.15, 0.2) is 0 Å². The number of thiol groups is 2. The summed E-state index contributed by atoms with van der Waals surface area (Å²) in [5.41, 5.74) is 2.59. The van der Waals surface area contributed by atoms with Crippen LogP contribution in [0.1, 0.15) is 65.2 Å². The van der Waals surface area contributed by atoms with E-state index in [0.29, 0.717) is 13.0 Å². The van der Waals surface area contributed by atoms with E-state index in [0.717, 1.165) is 12.8 Å². The SMILES string of the molecule is CCCCCCCCCC(=O)ONCC(C)(S)S. The van der Waals surface area contributed by atoms with Gasteiger partial charge in [0.2, 0.25) is 0 Å². The van der Waals surface area contributed by atoms with Crippen LogP contribution in [0.3, 0.4) is 0 Å². The van der Waals surface area contributed by atoms with E-state index < -0.39 is 4.08 Å². The van der Waals surface area contributed by atoms with E-state index in [-0.39, 0.29) is 5.97 Å². The van der Waals surface area contributed by atoms with E-state index in [1.165, 1.54) is 32.1 Å². The van der Waals surface area contributed by atoms with Crippen LogP contribution in [0.25, 0.3) is 0 Å². The molecule has 3 nitrogen and oxygen atoms in total. The lowest BCUT2D eigenvalue weighted by Crippen LogP contribution is -2.30. The van der Waals surface area contributed by atoms with Crippen molar-refractivity contribution < 1.29 is 9.63 Å². The molecule has 0 aliphatic carbocycles. The van der Waals surface area contributed by atoms with E-state index >= 15 is 0 Å². The summed E-state index contributed by atoms with van der Waals surface area (Å²) in [4.78, 5) is 16.2. The fraction of sp³-hybridized carbons (Fsp3) is 0.923. The molecule has 0 unspecified atom stereocenters. The number of hydroxylamine groups is 1. The highest BCUT2D eigenvalue weighted by molar-refractivity contribution is 8.00. The van der Waals surface area contributed by atoms with Gasteiger partial charge in [-0.05, 0) is 13.3 Å². The highest BCUT2D eigenvalue weighted by Crippen LogP contribution is 2.16. The average molecular weight is 293 g/mol. The van der Waals surface area contributed by atoms with E-state index in [2.05, 4.69) is 37.7 Å². The molecule has 0 heterocycles. The maximum absolute atomic E-state index is 11.3. The first-order valence-electron chi connectivity index (χ1n) is 6.83. The third kappa shape index (κ3) is 14.2. The van der Waals surface area contributed by atoms with Gasteiger partial charge in [0.05, 0.1) is 10.6 Å². The van der Waals surface area contributed by atoms with Crippen molar-refractivity contribution in [2.75, 3.05) is 6.54 Å². The van der Waals surface area contributed by atoms with Crippen LogP contribution in [0.5, 0.6) is 0 Å². The van der Waals surface area contributed by atoms with Crippen LogP contribution < -0.4 is 5.48 Å². The maximum Gasteiger partial charge on any atom is 0.324 e. The lowest BCUT2D eigenvalue weighted by atomic mass is 10.1. The smallest absolute Gasteiger partial charge is 0.324 e. The molecule has 0 fully saturated rings. The zero-order valence-electron chi connectivity index (χ0n) is 11.6. The van der Waals surface area contributed by atoms with Crippen LogP contribution in [-0.2, 0) is 9.63 Å². The number of nitrogens with one attached hydrogen (secondary N) is 1. The summed E-state index contributed by atoms with van der Waals surface area (Å²) in [5.74, 6) is -0.200. The van der Waals surface area contributed by atoms with Gasteiger partial charge < -0.3 is 4.84 Å². The first-order valence-corrected chi connectivity index (χ1v) is 7.72. The Hall–Kier alpha value is 0.130. The van der Waals surface area contributed by atoms with Crippen molar-refractivity contribution >= 4 is 31.2 Å². The Kier molecular flexibility index (Phi) is 11.1. The van der Waals surface area contributed by atoms with Gasteiger partial charge in [-0.25, -0.2) is 0 Å². The molecule has 0 saturated carbocycles. The molecule has 0 rings (SSSR count). The van der Waals surface area contributed by atoms with Crippen LogP contribution in [0.4, 0.5) is 0 Å². The number of carbonyl (C=O) groups is 1. The molecule has 0 aliphatic rings. The molecule has 5 heteroatoms. The standard InChI is InChI=1S/C13H27NO2S2/c1-3-4-5-6-7-8-9-10-12(15)16-14-11-13(2,17)18/h14,17-18H,3-11H2,1-2H3. The molecule has 0 spiro atoms. The Morgan fingerprint density at radius 2 is 1.67 bits per heavy atom. The van der Waals surface area contributed by atoms with Gasteiger partial charge in [0.1, 0.15) is 0 Å². The molecule has 0 radical (unpaired) electrons. The molecule has 0 bridgehead atoms. The Morgan fingerprint density at radius 1 is 1.11 bits per heavy atom. The fourth-order valence-electron chi connectivity index (χ4n) is 1.53. The van der Waals surface area contributed by atoms with E-state index in [1.807, 2.05) is 6.92 Å². The quantitative estimate of drug-likeness (QED) is 0.235. The maximum atomic E-state index is 11.3. The molecule has 1 N–H and O–H groups in total. The van der Waals surface area contributed by atoms with Gasteiger partial charge in [0.25, 0.3) is 0 Å². The van der Waals surface area contributed by atoms with Gasteiger partial charge in [-0.2, -0.15) is 30.7 Å². The number of rotatable bonds is 11. The van der Waals surface area contributed by atoms with Gasteiger partial charge in [0, 0.05) is 6.42 Å². The van der Waals surface area contributed by atoms with Crippen molar-refractivity contribution in [3.05, 3.63) is 0 Å². The van der Waals surface area contributed by atoms with Crippen molar-refractivity contribution in [2.45, 2.75) is 69.3 Å². The molecule has 0 atom stereocenters. The van der Waals surface area contributed by atoms with Crippen LogP contribution in [0.15, 0.2) is 0 Å². The first-order chi connectivity index (χ1) is 8.45. The monoisotopic (exact) mass is 293 g/mol. The van der Waals surface area contributed by atoms with Gasteiger partial charge >= 0.3 is 5.97 Å². The van der Waals surface area contributed by atoms with E-state index in [9.17, 15) is 4.79 Å². The Bertz CT molecular complexity index is 218. The zero-order chi connectivity index (χ0) is 13.9. The van der Waals surface area contributed by atoms with Gasteiger partial charge in [-0.15, -0.1) is 0 Å². The topological polar surface area (TPSA) is 38.3 Å². The van der Waals surface area contributed by atoms with Crippen molar-refractivity contribution in [1.82, 2.24) is 5.48 Å². The molecule has 0 aromatic rings. The van der Waals surface area contributed by atoms with E-state index in [1.54, 1.807) is 0 Å². The minimum atomic E-state index is -0.473.